The van der Waals surface area contributed by atoms with Gasteiger partial charge in [-0.2, -0.15) is 13.2 Å². The zero-order valence-corrected chi connectivity index (χ0v) is 16.3. The van der Waals surface area contributed by atoms with Gasteiger partial charge in [0.1, 0.15) is 5.78 Å². The summed E-state index contributed by atoms with van der Waals surface area (Å²) < 4.78 is 41.2. The molecular weight excluding hydrogens is 387 g/mol. The third-order valence-corrected chi connectivity index (χ3v) is 4.10. The summed E-state index contributed by atoms with van der Waals surface area (Å²) in [5, 5.41) is 2.72. The highest BCUT2D eigenvalue weighted by Crippen LogP contribution is 2.19. The van der Waals surface area contributed by atoms with E-state index < -0.39 is 12.8 Å². The Bertz CT molecular complexity index is 883. The first-order valence-corrected chi connectivity index (χ1v) is 8.96. The monoisotopic (exact) mass is 409 g/mol. The zero-order valence-electron chi connectivity index (χ0n) is 16.3. The summed E-state index contributed by atoms with van der Waals surface area (Å²) in [6, 6.07) is 4.49. The number of ether oxygens (including phenoxy) is 1. The Kier molecular flexibility index (Phi) is 7.30. The Balaban J connectivity index is 1.97. The van der Waals surface area contributed by atoms with Crippen LogP contribution in [0.4, 0.5) is 13.2 Å². The molecule has 2 aromatic rings. The largest absolute Gasteiger partial charge is 0.468 e. The average Bonchev–Trinajstić information content (AvgIpc) is 2.65. The number of hydrogen-bond acceptors (Lipinski definition) is 5. The molecule has 9 heteroatoms. The molecule has 0 saturated heterocycles. The van der Waals surface area contributed by atoms with Crippen LogP contribution in [0.25, 0.3) is 0 Å². The quantitative estimate of drug-likeness (QED) is 0.723. The number of carbonyl (C=O) groups excluding carboxylic acids is 2. The average molecular weight is 409 g/mol. The Morgan fingerprint density at radius 1 is 1.21 bits per heavy atom. The molecule has 6 nitrogen and oxygen atoms in total. The highest BCUT2D eigenvalue weighted by molar-refractivity contribution is 5.94. The maximum Gasteiger partial charge on any atom is 0.422 e. The lowest BCUT2D eigenvalue weighted by Crippen LogP contribution is -2.24. The van der Waals surface area contributed by atoms with Crippen LogP contribution in [0.15, 0.2) is 30.6 Å². The lowest BCUT2D eigenvalue weighted by Gasteiger charge is -2.12. The van der Waals surface area contributed by atoms with E-state index in [0.29, 0.717) is 22.4 Å². The summed E-state index contributed by atoms with van der Waals surface area (Å²) >= 11 is 0. The Morgan fingerprint density at radius 2 is 1.93 bits per heavy atom. The molecule has 0 radical (unpaired) electrons. The van der Waals surface area contributed by atoms with Gasteiger partial charge in [0.15, 0.2) is 6.61 Å². The van der Waals surface area contributed by atoms with Crippen LogP contribution in [-0.2, 0) is 17.8 Å². The number of pyridine rings is 2. The molecule has 1 amide bonds. The highest BCUT2D eigenvalue weighted by atomic mass is 19.4. The van der Waals surface area contributed by atoms with Gasteiger partial charge in [-0.25, -0.2) is 4.98 Å². The fourth-order valence-electron chi connectivity index (χ4n) is 2.35. The molecule has 0 fully saturated rings. The van der Waals surface area contributed by atoms with Gasteiger partial charge in [-0.05, 0) is 30.2 Å². The summed E-state index contributed by atoms with van der Waals surface area (Å²) in [7, 11) is 0. The molecule has 1 N–H and O–H groups in total. The second-order valence-corrected chi connectivity index (χ2v) is 6.87. The molecule has 0 spiro atoms. The second kappa shape index (κ2) is 9.49. The highest BCUT2D eigenvalue weighted by Gasteiger charge is 2.28. The normalized spacial score (nSPS) is 11.4. The molecule has 0 bridgehead atoms. The SMILES string of the molecule is Cc1cc(OCC(F)(F)F)ncc1CNC(=O)c1ccnc(CC(=O)C(C)C)c1. The number of nitrogens with one attached hydrogen (secondary N) is 1. The molecule has 0 atom stereocenters. The van der Waals surface area contributed by atoms with E-state index >= 15 is 0 Å². The lowest BCUT2D eigenvalue weighted by molar-refractivity contribution is -0.154. The van der Waals surface area contributed by atoms with Crippen LogP contribution < -0.4 is 10.1 Å². The first-order valence-electron chi connectivity index (χ1n) is 8.96. The van der Waals surface area contributed by atoms with Crippen LogP contribution in [0.5, 0.6) is 5.88 Å². The van der Waals surface area contributed by atoms with Gasteiger partial charge in [0.2, 0.25) is 5.88 Å². The minimum atomic E-state index is -4.44. The molecule has 2 aromatic heterocycles. The molecule has 0 saturated carbocycles. The first kappa shape index (κ1) is 22.3. The van der Waals surface area contributed by atoms with Crippen molar-refractivity contribution in [3.8, 4) is 5.88 Å². The van der Waals surface area contributed by atoms with Crippen LogP contribution in [0.1, 0.15) is 41.0 Å². The van der Waals surface area contributed by atoms with E-state index in [-0.39, 0.29) is 36.5 Å². The molecule has 156 valence electrons. The van der Waals surface area contributed by atoms with E-state index in [9.17, 15) is 22.8 Å². The number of hydrogen-bond donors (Lipinski definition) is 1. The lowest BCUT2D eigenvalue weighted by atomic mass is 10.0. The van der Waals surface area contributed by atoms with Crippen LogP contribution in [0, 0.1) is 12.8 Å². The molecule has 0 aliphatic carbocycles. The van der Waals surface area contributed by atoms with E-state index in [1.54, 1.807) is 26.8 Å². The van der Waals surface area contributed by atoms with E-state index in [4.69, 9.17) is 0 Å². The van der Waals surface area contributed by atoms with Gasteiger partial charge in [0, 0.05) is 48.6 Å². The van der Waals surface area contributed by atoms with E-state index in [1.807, 2.05) is 0 Å². The summed E-state index contributed by atoms with van der Waals surface area (Å²) in [5.41, 5.74) is 2.15. The van der Waals surface area contributed by atoms with Crippen molar-refractivity contribution in [1.29, 1.82) is 0 Å². The van der Waals surface area contributed by atoms with E-state index in [0.717, 1.165) is 0 Å². The first-order chi connectivity index (χ1) is 13.5. The van der Waals surface area contributed by atoms with Crippen molar-refractivity contribution in [2.24, 2.45) is 5.92 Å². The summed E-state index contributed by atoms with van der Waals surface area (Å²) in [5.74, 6) is -0.580. The van der Waals surface area contributed by atoms with Crippen molar-refractivity contribution in [2.45, 2.75) is 39.9 Å². The third-order valence-electron chi connectivity index (χ3n) is 4.10. The minimum absolute atomic E-state index is 0.0320. The number of alkyl halides is 3. The van der Waals surface area contributed by atoms with Crippen molar-refractivity contribution in [2.75, 3.05) is 6.61 Å². The Labute approximate surface area is 166 Å². The van der Waals surface area contributed by atoms with E-state index in [2.05, 4.69) is 20.0 Å². The van der Waals surface area contributed by atoms with Crippen LogP contribution >= 0.6 is 0 Å². The topological polar surface area (TPSA) is 81.2 Å². The number of halogens is 3. The van der Waals surface area contributed by atoms with Gasteiger partial charge in [-0.3, -0.25) is 14.6 Å². The van der Waals surface area contributed by atoms with Crippen molar-refractivity contribution in [1.82, 2.24) is 15.3 Å². The second-order valence-electron chi connectivity index (χ2n) is 6.87. The predicted molar refractivity (Wildman–Crippen MR) is 99.5 cm³/mol. The van der Waals surface area contributed by atoms with Gasteiger partial charge in [0.25, 0.3) is 5.91 Å². The smallest absolute Gasteiger partial charge is 0.422 e. The summed E-state index contributed by atoms with van der Waals surface area (Å²) in [6.45, 7) is 4.01. The van der Waals surface area contributed by atoms with Gasteiger partial charge in [-0.15, -0.1) is 0 Å². The Morgan fingerprint density at radius 3 is 2.55 bits per heavy atom. The third kappa shape index (κ3) is 7.17. The van der Waals surface area contributed by atoms with E-state index in [1.165, 1.54) is 24.5 Å². The van der Waals surface area contributed by atoms with Gasteiger partial charge >= 0.3 is 6.18 Å². The molecular formula is C20H22F3N3O3. The number of Topliss-reactive ketones (excluding diaryl/α,β-unsaturated/α-hetero) is 1. The van der Waals surface area contributed by atoms with Gasteiger partial charge < -0.3 is 10.1 Å². The fourth-order valence-corrected chi connectivity index (χ4v) is 2.35. The Hall–Kier alpha value is -2.97. The summed E-state index contributed by atoms with van der Waals surface area (Å²) in [6.07, 6.45) is -1.45. The minimum Gasteiger partial charge on any atom is -0.468 e. The maximum atomic E-state index is 12.4. The maximum absolute atomic E-state index is 12.4. The summed E-state index contributed by atoms with van der Waals surface area (Å²) in [4.78, 5) is 32.2. The number of aromatic nitrogens is 2. The number of amides is 1. The van der Waals surface area contributed by atoms with Gasteiger partial charge in [-0.1, -0.05) is 13.8 Å². The predicted octanol–water partition coefficient (Wildman–Crippen LogP) is 3.42. The van der Waals surface area contributed by atoms with Gasteiger partial charge in [0.05, 0.1) is 0 Å². The number of ketones is 1. The molecule has 0 aliphatic rings. The number of carbonyl (C=O) groups is 2. The molecule has 0 aromatic carbocycles. The van der Waals surface area contributed by atoms with Crippen LogP contribution in [0.3, 0.4) is 0 Å². The number of aryl methyl sites for hydroxylation is 1. The van der Waals surface area contributed by atoms with Crippen LogP contribution in [0.2, 0.25) is 0 Å². The number of rotatable bonds is 8. The zero-order chi connectivity index (χ0) is 21.6. The standard InChI is InChI=1S/C20H22F3N3O3/c1-12(2)17(27)8-16-7-14(4-5-24-16)19(28)26-10-15-9-25-18(6-13(15)3)29-11-20(21,22)23/h4-7,9,12H,8,10-11H2,1-3H3,(H,26,28). The fraction of sp³-hybridized carbons (Fsp3) is 0.400. The molecule has 29 heavy (non-hydrogen) atoms. The van der Waals surface area contributed by atoms with Crippen molar-refractivity contribution in [3.05, 3.63) is 53.0 Å². The molecule has 2 rings (SSSR count). The molecule has 2 heterocycles. The van der Waals surface area contributed by atoms with Crippen molar-refractivity contribution < 1.29 is 27.5 Å². The molecule has 0 aliphatic heterocycles. The van der Waals surface area contributed by atoms with Crippen molar-refractivity contribution in [3.63, 3.8) is 0 Å². The van der Waals surface area contributed by atoms with Crippen molar-refractivity contribution >= 4 is 11.7 Å². The molecule has 0 unspecified atom stereocenters. The number of nitrogens with zero attached hydrogens (tertiary/aromatic N) is 2. The van der Waals surface area contributed by atoms with Crippen LogP contribution in [-0.4, -0.2) is 34.4 Å².